The van der Waals surface area contributed by atoms with Gasteiger partial charge < -0.3 is 10.2 Å². The van der Waals surface area contributed by atoms with Gasteiger partial charge in [0.1, 0.15) is 6.04 Å². The topological polar surface area (TPSA) is 89.9 Å². The van der Waals surface area contributed by atoms with Crippen LogP contribution in [0, 0.1) is 5.41 Å². The van der Waals surface area contributed by atoms with E-state index in [1.807, 2.05) is 0 Å². The number of carbonyl (C=O) groups is 2. The first kappa shape index (κ1) is 23.7. The summed E-state index contributed by atoms with van der Waals surface area (Å²) in [5, 5.41) is 22.1. The van der Waals surface area contributed by atoms with Gasteiger partial charge in [0.25, 0.3) is 0 Å². The van der Waals surface area contributed by atoms with Crippen molar-refractivity contribution in [1.29, 1.82) is 0 Å². The smallest absolute Gasteiger partial charge is 0.395 e. The second-order valence-corrected chi connectivity index (χ2v) is 9.15. The second-order valence-electron chi connectivity index (χ2n) is 9.15. The molecule has 0 aliphatic carbocycles. The zero-order valence-electron chi connectivity index (χ0n) is 17.7. The fraction of sp³-hybridized carbons (Fsp3) is 0.636. The van der Waals surface area contributed by atoms with Gasteiger partial charge in [-0.2, -0.15) is 13.2 Å². The van der Waals surface area contributed by atoms with Crippen LogP contribution in [0.2, 0.25) is 0 Å². The van der Waals surface area contributed by atoms with Crippen LogP contribution >= 0.6 is 0 Å². The monoisotopic (exact) mass is 442 g/mol. The summed E-state index contributed by atoms with van der Waals surface area (Å²) < 4.78 is 40.5. The first-order valence-corrected chi connectivity index (χ1v) is 10.5. The Morgan fingerprint density at radius 3 is 2.48 bits per heavy atom. The number of rotatable bonds is 6. The van der Waals surface area contributed by atoms with E-state index in [2.05, 4.69) is 5.32 Å². The number of carboxylic acids is 1. The van der Waals surface area contributed by atoms with Crippen LogP contribution < -0.4 is 5.32 Å². The van der Waals surface area contributed by atoms with Crippen molar-refractivity contribution in [2.45, 2.75) is 69.9 Å². The van der Waals surface area contributed by atoms with Crippen LogP contribution in [0.3, 0.4) is 0 Å². The van der Waals surface area contributed by atoms with Gasteiger partial charge in [0.15, 0.2) is 5.78 Å². The Hall–Kier alpha value is -1.97. The van der Waals surface area contributed by atoms with Crippen molar-refractivity contribution in [3.8, 4) is 0 Å². The molecule has 2 aliphatic heterocycles. The second kappa shape index (κ2) is 8.88. The first-order valence-electron chi connectivity index (χ1n) is 10.5. The number of nitrogens with zero attached hydrogens (tertiary/aromatic N) is 1. The number of benzene rings is 1. The SMILES string of the molecule is CC(C)(CN1CCCCC1c1ccccc1C(=O)C1NC(C(=O)O)CC1O)C(F)(F)F. The average molecular weight is 442 g/mol. The van der Waals surface area contributed by atoms with E-state index >= 15 is 0 Å². The molecule has 4 atom stereocenters. The van der Waals surface area contributed by atoms with Crippen molar-refractivity contribution in [3.05, 3.63) is 35.4 Å². The number of ketones is 1. The van der Waals surface area contributed by atoms with Crippen molar-refractivity contribution in [2.24, 2.45) is 5.41 Å². The number of hydrogen-bond acceptors (Lipinski definition) is 5. The van der Waals surface area contributed by atoms with Gasteiger partial charge in [0, 0.05) is 24.6 Å². The molecule has 1 aromatic rings. The number of likely N-dealkylation sites (tertiary alicyclic amines) is 1. The number of aliphatic hydroxyl groups is 1. The highest BCUT2D eigenvalue weighted by molar-refractivity contribution is 6.02. The van der Waals surface area contributed by atoms with Crippen molar-refractivity contribution >= 4 is 11.8 Å². The highest BCUT2D eigenvalue weighted by atomic mass is 19.4. The Morgan fingerprint density at radius 1 is 1.19 bits per heavy atom. The Balaban J connectivity index is 1.89. The summed E-state index contributed by atoms with van der Waals surface area (Å²) in [7, 11) is 0. The molecular weight excluding hydrogens is 413 g/mol. The molecule has 6 nitrogen and oxygen atoms in total. The normalized spacial score (nSPS) is 27.9. The Labute approximate surface area is 179 Å². The van der Waals surface area contributed by atoms with E-state index in [1.165, 1.54) is 13.8 Å². The van der Waals surface area contributed by atoms with Crippen LogP contribution in [-0.4, -0.2) is 64.3 Å². The molecule has 172 valence electrons. The molecule has 0 aromatic heterocycles. The molecule has 0 radical (unpaired) electrons. The summed E-state index contributed by atoms with van der Waals surface area (Å²) in [6, 6.07) is 4.31. The number of aliphatic hydroxyl groups excluding tert-OH is 1. The Kier molecular flexibility index (Phi) is 6.78. The molecule has 2 saturated heterocycles. The zero-order chi connectivity index (χ0) is 23.0. The maximum Gasteiger partial charge on any atom is 0.395 e. The van der Waals surface area contributed by atoms with E-state index < -0.39 is 41.5 Å². The molecule has 0 saturated carbocycles. The average Bonchev–Trinajstić information content (AvgIpc) is 3.09. The number of alkyl halides is 3. The molecule has 3 N–H and O–H groups in total. The maximum absolute atomic E-state index is 13.5. The molecular formula is C22H29F3N2O4. The van der Waals surface area contributed by atoms with E-state index in [-0.39, 0.29) is 19.0 Å². The van der Waals surface area contributed by atoms with Gasteiger partial charge in [-0.1, -0.05) is 30.7 Å². The lowest BCUT2D eigenvalue weighted by atomic mass is 9.85. The molecule has 3 rings (SSSR count). The number of nitrogens with one attached hydrogen (secondary N) is 1. The van der Waals surface area contributed by atoms with Crippen molar-refractivity contribution in [3.63, 3.8) is 0 Å². The number of piperidine rings is 1. The number of halogens is 3. The van der Waals surface area contributed by atoms with Gasteiger partial charge in [0.05, 0.1) is 17.6 Å². The third-order valence-electron chi connectivity index (χ3n) is 6.39. The molecule has 2 fully saturated rings. The van der Waals surface area contributed by atoms with E-state index in [0.29, 0.717) is 24.1 Å². The minimum Gasteiger partial charge on any atom is -0.480 e. The Bertz CT molecular complexity index is 827. The number of aliphatic carboxylic acids is 1. The number of hydrogen-bond donors (Lipinski definition) is 3. The molecule has 4 unspecified atom stereocenters. The summed E-state index contributed by atoms with van der Waals surface area (Å²) >= 11 is 0. The molecule has 9 heteroatoms. The van der Waals surface area contributed by atoms with Gasteiger partial charge >= 0.3 is 12.1 Å². The largest absolute Gasteiger partial charge is 0.480 e. The summed E-state index contributed by atoms with van der Waals surface area (Å²) in [4.78, 5) is 26.3. The molecule has 2 heterocycles. The number of carboxylic acid groups (broad SMARTS) is 1. The minimum absolute atomic E-state index is 0.0801. The predicted octanol–water partition coefficient (Wildman–Crippen LogP) is 3.16. The minimum atomic E-state index is -4.35. The number of carbonyl (C=O) groups excluding carboxylic acids is 1. The maximum atomic E-state index is 13.5. The third-order valence-corrected chi connectivity index (χ3v) is 6.39. The lowest BCUT2D eigenvalue weighted by molar-refractivity contribution is -0.219. The summed E-state index contributed by atoms with van der Waals surface area (Å²) in [5.74, 6) is -1.58. The summed E-state index contributed by atoms with van der Waals surface area (Å²) in [6.07, 6.45) is -3.34. The molecule has 0 bridgehead atoms. The summed E-state index contributed by atoms with van der Waals surface area (Å²) in [5.41, 5.74) is -0.968. The van der Waals surface area contributed by atoms with Crippen molar-refractivity contribution in [2.75, 3.05) is 13.1 Å². The standard InChI is InChI=1S/C22H29F3N2O4/c1-21(2,22(23,24)25)12-27-10-6-5-9-16(27)13-7-3-4-8-14(13)19(29)18-17(28)11-15(26-18)20(30)31/h3-4,7-8,15-18,26,28H,5-6,9-12H2,1-2H3,(H,30,31). The van der Waals surface area contributed by atoms with Crippen LogP contribution in [0.15, 0.2) is 24.3 Å². The van der Waals surface area contributed by atoms with Crippen LogP contribution in [0.1, 0.15) is 61.5 Å². The van der Waals surface area contributed by atoms with Crippen molar-refractivity contribution in [1.82, 2.24) is 10.2 Å². The predicted molar refractivity (Wildman–Crippen MR) is 108 cm³/mol. The quantitative estimate of drug-likeness (QED) is 0.587. The molecule has 1 aromatic carbocycles. The fourth-order valence-electron chi connectivity index (χ4n) is 4.51. The Morgan fingerprint density at radius 2 is 1.87 bits per heavy atom. The fourth-order valence-corrected chi connectivity index (χ4v) is 4.51. The van der Waals surface area contributed by atoms with Gasteiger partial charge in [-0.15, -0.1) is 0 Å². The van der Waals surface area contributed by atoms with E-state index in [4.69, 9.17) is 0 Å². The molecule has 0 spiro atoms. The van der Waals surface area contributed by atoms with Gasteiger partial charge in [-0.05, 0) is 38.8 Å². The van der Waals surface area contributed by atoms with Gasteiger partial charge in [0.2, 0.25) is 0 Å². The van der Waals surface area contributed by atoms with Gasteiger partial charge in [-0.3, -0.25) is 19.8 Å². The lowest BCUT2D eigenvalue weighted by Crippen LogP contribution is -2.47. The van der Waals surface area contributed by atoms with Gasteiger partial charge in [-0.25, -0.2) is 0 Å². The van der Waals surface area contributed by atoms with E-state index in [0.717, 1.165) is 12.8 Å². The van der Waals surface area contributed by atoms with E-state index in [9.17, 15) is 33.0 Å². The molecule has 0 amide bonds. The summed E-state index contributed by atoms with van der Waals surface area (Å²) in [6.45, 7) is 2.67. The van der Waals surface area contributed by atoms with E-state index in [1.54, 1.807) is 29.2 Å². The first-order chi connectivity index (χ1) is 14.4. The molecule has 2 aliphatic rings. The third kappa shape index (κ3) is 4.94. The van der Waals surface area contributed by atoms with Crippen LogP contribution in [-0.2, 0) is 4.79 Å². The number of Topliss-reactive ketones (excluding diaryl/α,β-unsaturated/α-hetero) is 1. The van der Waals surface area contributed by atoms with Crippen LogP contribution in [0.4, 0.5) is 13.2 Å². The molecule has 31 heavy (non-hydrogen) atoms. The zero-order valence-corrected chi connectivity index (χ0v) is 17.7. The highest BCUT2D eigenvalue weighted by Gasteiger charge is 2.49. The van der Waals surface area contributed by atoms with Crippen LogP contribution in [0.5, 0.6) is 0 Å². The highest BCUT2D eigenvalue weighted by Crippen LogP contribution is 2.42. The van der Waals surface area contributed by atoms with Crippen LogP contribution in [0.25, 0.3) is 0 Å². The lowest BCUT2D eigenvalue weighted by Gasteiger charge is -2.42. The van der Waals surface area contributed by atoms with Crippen molar-refractivity contribution < 1.29 is 33.0 Å².